The number of rotatable bonds is 7. The molecule has 3 rings (SSSR count). The lowest BCUT2D eigenvalue weighted by Crippen LogP contribution is -2.27. The Balaban J connectivity index is 1.98. The topological polar surface area (TPSA) is 133 Å². The van der Waals surface area contributed by atoms with Crippen molar-refractivity contribution < 1.29 is 22.8 Å². The van der Waals surface area contributed by atoms with Crippen molar-refractivity contribution in [3.63, 3.8) is 0 Å². The van der Waals surface area contributed by atoms with Crippen LogP contribution in [0.3, 0.4) is 0 Å². The van der Waals surface area contributed by atoms with Crippen LogP contribution in [0.1, 0.15) is 59.4 Å². The molecule has 1 aromatic carbocycles. The molecular weight excluding hydrogens is 437 g/mol. The highest BCUT2D eigenvalue weighted by Crippen LogP contribution is 2.45. The summed E-state index contributed by atoms with van der Waals surface area (Å²) in [7, 11) is 1.38. The van der Waals surface area contributed by atoms with Gasteiger partial charge in [0.2, 0.25) is 5.91 Å². The first kappa shape index (κ1) is 23.7. The summed E-state index contributed by atoms with van der Waals surface area (Å²) in [5.41, 5.74) is 4.28. The second kappa shape index (κ2) is 9.28. The Hall–Kier alpha value is -3.94. The highest BCUT2D eigenvalue weighted by Gasteiger charge is 2.50. The van der Waals surface area contributed by atoms with E-state index in [1.165, 1.54) is 38.4 Å². The summed E-state index contributed by atoms with van der Waals surface area (Å²) in [6, 6.07) is 5.96. The molecule has 4 N–H and O–H groups in total. The van der Waals surface area contributed by atoms with Gasteiger partial charge in [-0.15, -0.1) is 0 Å². The number of anilines is 1. The van der Waals surface area contributed by atoms with E-state index in [1.807, 2.05) is 6.07 Å². The number of benzene rings is 1. The molecule has 1 heterocycles. The highest BCUT2D eigenvalue weighted by atomic mass is 19.3. The lowest BCUT2D eigenvalue weighted by atomic mass is 10.0. The summed E-state index contributed by atoms with van der Waals surface area (Å²) < 4.78 is 40.6. The van der Waals surface area contributed by atoms with E-state index < -0.39 is 41.1 Å². The fourth-order valence-corrected chi connectivity index (χ4v) is 3.20. The third-order valence-electron chi connectivity index (χ3n) is 5.34. The fourth-order valence-electron chi connectivity index (χ4n) is 3.20. The van der Waals surface area contributed by atoms with Gasteiger partial charge in [-0.2, -0.15) is 5.26 Å². The predicted octanol–water partition coefficient (Wildman–Crippen LogP) is 3.23. The third-order valence-corrected chi connectivity index (χ3v) is 5.34. The number of hydrogen-bond acceptors (Lipinski definition) is 5. The van der Waals surface area contributed by atoms with Gasteiger partial charge in [-0.05, 0) is 25.8 Å². The molecule has 0 radical (unpaired) electrons. The molecule has 1 aromatic heterocycles. The smallest absolute Gasteiger partial charge is 0.270 e. The van der Waals surface area contributed by atoms with Crippen LogP contribution in [0.4, 0.5) is 18.9 Å². The molecule has 1 aliphatic rings. The van der Waals surface area contributed by atoms with Gasteiger partial charge >= 0.3 is 0 Å². The van der Waals surface area contributed by atoms with Gasteiger partial charge in [0, 0.05) is 18.2 Å². The quantitative estimate of drug-likeness (QED) is 0.433. The first-order valence-corrected chi connectivity index (χ1v) is 9.98. The number of hydrogen-bond donors (Lipinski definition) is 3. The SMILES string of the molecule is CNC(=O)c1ncc(NC(=O)C2(C#N)CC2)cc1C(N)=N[C@H](C)c1cccc(C(F)F)c1F. The van der Waals surface area contributed by atoms with E-state index in [9.17, 15) is 28.0 Å². The minimum atomic E-state index is -2.99. The molecule has 0 bridgehead atoms. The van der Waals surface area contributed by atoms with Crippen molar-refractivity contribution in [1.82, 2.24) is 10.3 Å². The van der Waals surface area contributed by atoms with Gasteiger partial charge in [-0.1, -0.05) is 18.2 Å². The Morgan fingerprint density at radius 1 is 1.30 bits per heavy atom. The molecule has 1 saturated carbocycles. The number of amides is 2. The van der Waals surface area contributed by atoms with Crippen molar-refractivity contribution >= 4 is 23.3 Å². The summed E-state index contributed by atoms with van der Waals surface area (Å²) in [6.45, 7) is 1.46. The minimum Gasteiger partial charge on any atom is -0.383 e. The van der Waals surface area contributed by atoms with Crippen molar-refractivity contribution in [2.24, 2.45) is 16.1 Å². The molecular formula is C22H21F3N6O2. The van der Waals surface area contributed by atoms with Crippen LogP contribution in [0.25, 0.3) is 0 Å². The number of halogens is 3. The van der Waals surface area contributed by atoms with E-state index in [-0.39, 0.29) is 28.3 Å². The van der Waals surface area contributed by atoms with Crippen LogP contribution in [0.15, 0.2) is 35.5 Å². The number of amidine groups is 1. The Bertz CT molecular complexity index is 1170. The number of nitriles is 1. The van der Waals surface area contributed by atoms with E-state index in [0.29, 0.717) is 12.8 Å². The molecule has 11 heteroatoms. The molecule has 0 unspecified atom stereocenters. The van der Waals surface area contributed by atoms with E-state index in [1.54, 1.807) is 0 Å². The van der Waals surface area contributed by atoms with Gasteiger partial charge in [0.1, 0.15) is 22.8 Å². The fraction of sp³-hybridized carbons (Fsp3) is 0.318. The van der Waals surface area contributed by atoms with Crippen LogP contribution in [0.5, 0.6) is 0 Å². The lowest BCUT2D eigenvalue weighted by molar-refractivity contribution is -0.119. The number of nitrogens with two attached hydrogens (primary N) is 1. The van der Waals surface area contributed by atoms with Crippen molar-refractivity contribution in [3.05, 3.63) is 58.7 Å². The third kappa shape index (κ3) is 4.79. The highest BCUT2D eigenvalue weighted by molar-refractivity contribution is 6.09. The second-order valence-corrected chi connectivity index (χ2v) is 7.59. The van der Waals surface area contributed by atoms with Gasteiger partial charge in [-0.25, -0.2) is 18.2 Å². The van der Waals surface area contributed by atoms with E-state index >= 15 is 0 Å². The molecule has 0 spiro atoms. The van der Waals surface area contributed by atoms with E-state index in [2.05, 4.69) is 20.6 Å². The van der Waals surface area contributed by atoms with E-state index in [4.69, 9.17) is 5.73 Å². The van der Waals surface area contributed by atoms with Crippen LogP contribution >= 0.6 is 0 Å². The zero-order valence-electron chi connectivity index (χ0n) is 17.8. The average Bonchev–Trinajstić information content (AvgIpc) is 3.59. The predicted molar refractivity (Wildman–Crippen MR) is 114 cm³/mol. The Labute approximate surface area is 187 Å². The number of nitrogens with one attached hydrogen (secondary N) is 2. The Morgan fingerprint density at radius 2 is 1.97 bits per heavy atom. The largest absolute Gasteiger partial charge is 0.383 e. The molecule has 1 fully saturated rings. The maximum atomic E-state index is 14.5. The first-order valence-electron chi connectivity index (χ1n) is 9.98. The Morgan fingerprint density at radius 3 is 2.55 bits per heavy atom. The average molecular weight is 458 g/mol. The zero-order valence-corrected chi connectivity index (χ0v) is 17.8. The summed E-state index contributed by atoms with van der Waals surface area (Å²) in [5.74, 6) is -2.39. The standard InChI is InChI=1S/C22H21F3N6O2/c1-11(13-4-3-5-14(16(13)23)18(24)25)30-19(27)15-8-12(9-29-17(15)20(32)28-2)31-21(33)22(10-26)6-7-22/h3-5,8-9,11,18H,6-7H2,1-2H3,(H2,27,30)(H,28,32)(H,31,33)/t11-/m1/s1. The molecule has 1 atom stereocenters. The maximum Gasteiger partial charge on any atom is 0.270 e. The number of nitrogens with zero attached hydrogens (tertiary/aromatic N) is 3. The first-order chi connectivity index (χ1) is 15.6. The monoisotopic (exact) mass is 458 g/mol. The number of alkyl halides is 2. The van der Waals surface area contributed by atoms with Gasteiger partial charge in [0.15, 0.2) is 0 Å². The van der Waals surface area contributed by atoms with Crippen LogP contribution in [0.2, 0.25) is 0 Å². The molecule has 33 heavy (non-hydrogen) atoms. The van der Waals surface area contributed by atoms with Crippen molar-refractivity contribution in [2.75, 3.05) is 12.4 Å². The van der Waals surface area contributed by atoms with Crippen LogP contribution in [-0.4, -0.2) is 29.7 Å². The molecule has 0 saturated heterocycles. The van der Waals surface area contributed by atoms with Crippen LogP contribution in [-0.2, 0) is 4.79 Å². The molecule has 8 nitrogen and oxygen atoms in total. The summed E-state index contributed by atoms with van der Waals surface area (Å²) in [5, 5.41) is 14.2. The molecule has 2 amide bonds. The van der Waals surface area contributed by atoms with E-state index in [0.717, 1.165) is 6.07 Å². The molecule has 2 aromatic rings. The van der Waals surface area contributed by atoms with Crippen molar-refractivity contribution in [2.45, 2.75) is 32.2 Å². The van der Waals surface area contributed by atoms with Crippen LogP contribution < -0.4 is 16.4 Å². The van der Waals surface area contributed by atoms with Gasteiger partial charge < -0.3 is 16.4 Å². The molecule has 0 aliphatic heterocycles. The number of carbonyl (C=O) groups is 2. The van der Waals surface area contributed by atoms with Crippen molar-refractivity contribution in [1.29, 1.82) is 5.26 Å². The number of carbonyl (C=O) groups excluding carboxylic acids is 2. The van der Waals surface area contributed by atoms with Crippen molar-refractivity contribution in [3.8, 4) is 6.07 Å². The summed E-state index contributed by atoms with van der Waals surface area (Å²) >= 11 is 0. The number of aliphatic imine (C=N–C) groups is 1. The maximum absolute atomic E-state index is 14.5. The number of aromatic nitrogens is 1. The zero-order chi connectivity index (χ0) is 24.3. The van der Waals surface area contributed by atoms with Gasteiger partial charge in [-0.3, -0.25) is 14.6 Å². The second-order valence-electron chi connectivity index (χ2n) is 7.59. The Kier molecular flexibility index (Phi) is 6.67. The summed E-state index contributed by atoms with van der Waals surface area (Å²) in [6.07, 6.45) is -0.875. The van der Waals surface area contributed by atoms with Crippen LogP contribution in [0, 0.1) is 22.6 Å². The minimum absolute atomic E-state index is 0.0474. The summed E-state index contributed by atoms with van der Waals surface area (Å²) in [4.78, 5) is 32.8. The number of pyridine rings is 1. The normalized spacial score (nSPS) is 15.5. The van der Waals surface area contributed by atoms with Gasteiger partial charge in [0.05, 0.1) is 29.6 Å². The van der Waals surface area contributed by atoms with Gasteiger partial charge in [0.25, 0.3) is 12.3 Å². The lowest BCUT2D eigenvalue weighted by Gasteiger charge is -2.15. The molecule has 1 aliphatic carbocycles. The molecule has 172 valence electrons.